The number of benzene rings is 2. The van der Waals surface area contributed by atoms with Crippen LogP contribution in [0, 0.1) is 0 Å². The number of hydrogen-bond donors (Lipinski definition) is 1. The number of hydrogen-bond acceptors (Lipinski definition) is 4. The van der Waals surface area contributed by atoms with Crippen molar-refractivity contribution in [2.45, 2.75) is 6.92 Å². The molecule has 1 aliphatic rings. The number of anilines is 1. The molecular weight excluding hydrogens is 332 g/mol. The predicted octanol–water partition coefficient (Wildman–Crippen LogP) is 2.81. The number of carbonyl (C=O) groups excluding carboxylic acids is 2. The Hall–Kier alpha value is -2.86. The van der Waals surface area contributed by atoms with Crippen LogP contribution in [0.5, 0.6) is 5.75 Å². The second-order valence-corrected chi connectivity index (χ2v) is 5.87. The lowest BCUT2D eigenvalue weighted by Gasteiger charge is -2.26. The van der Waals surface area contributed by atoms with Gasteiger partial charge in [-0.25, -0.2) is 0 Å². The lowest BCUT2D eigenvalue weighted by molar-refractivity contribution is 0.0303. The van der Waals surface area contributed by atoms with Crippen LogP contribution in [0.1, 0.15) is 27.6 Å². The van der Waals surface area contributed by atoms with Gasteiger partial charge in [-0.3, -0.25) is 9.59 Å². The lowest BCUT2D eigenvalue weighted by atomic mass is 10.1. The van der Waals surface area contributed by atoms with Gasteiger partial charge >= 0.3 is 0 Å². The summed E-state index contributed by atoms with van der Waals surface area (Å²) in [7, 11) is 0. The number of rotatable bonds is 5. The van der Waals surface area contributed by atoms with Crippen LogP contribution in [0.25, 0.3) is 0 Å². The summed E-state index contributed by atoms with van der Waals surface area (Å²) in [6.07, 6.45) is 0. The van der Waals surface area contributed by atoms with Crippen LogP contribution in [0.15, 0.2) is 48.5 Å². The largest absolute Gasteiger partial charge is 0.493 e. The van der Waals surface area contributed by atoms with Gasteiger partial charge in [0.15, 0.2) is 0 Å². The molecule has 6 heteroatoms. The van der Waals surface area contributed by atoms with E-state index < -0.39 is 0 Å². The van der Waals surface area contributed by atoms with Gasteiger partial charge in [0.05, 0.1) is 25.4 Å². The zero-order chi connectivity index (χ0) is 18.4. The van der Waals surface area contributed by atoms with E-state index in [1.807, 2.05) is 13.0 Å². The molecule has 0 unspecified atom stereocenters. The van der Waals surface area contributed by atoms with Gasteiger partial charge in [0, 0.05) is 24.3 Å². The van der Waals surface area contributed by atoms with Crippen LogP contribution in [-0.2, 0) is 4.74 Å². The SMILES string of the molecule is CCOc1ccccc1C(=O)Nc1ccc(C(=O)N2CCOCC2)cc1. The number of nitrogens with one attached hydrogen (secondary N) is 1. The van der Waals surface area contributed by atoms with Crippen molar-refractivity contribution >= 4 is 17.5 Å². The maximum atomic E-state index is 12.5. The fourth-order valence-corrected chi connectivity index (χ4v) is 2.78. The van der Waals surface area contributed by atoms with Gasteiger partial charge in [0.25, 0.3) is 11.8 Å². The highest BCUT2D eigenvalue weighted by Crippen LogP contribution is 2.20. The van der Waals surface area contributed by atoms with E-state index >= 15 is 0 Å². The van der Waals surface area contributed by atoms with Crippen molar-refractivity contribution in [3.8, 4) is 5.75 Å². The summed E-state index contributed by atoms with van der Waals surface area (Å²) < 4.78 is 10.8. The summed E-state index contributed by atoms with van der Waals surface area (Å²) in [5.74, 6) is 0.279. The number of carbonyl (C=O) groups is 2. The Labute approximate surface area is 152 Å². The zero-order valence-corrected chi connectivity index (χ0v) is 14.7. The summed E-state index contributed by atoms with van der Waals surface area (Å²) in [6.45, 7) is 4.71. The van der Waals surface area contributed by atoms with Crippen molar-refractivity contribution in [2.75, 3.05) is 38.2 Å². The van der Waals surface area contributed by atoms with Gasteiger partial charge in [-0.05, 0) is 43.3 Å². The third-order valence-electron chi connectivity index (χ3n) is 4.12. The Balaban J connectivity index is 1.67. The smallest absolute Gasteiger partial charge is 0.259 e. The van der Waals surface area contributed by atoms with Crippen LogP contribution in [-0.4, -0.2) is 49.6 Å². The molecule has 26 heavy (non-hydrogen) atoms. The molecule has 136 valence electrons. The average molecular weight is 354 g/mol. The Morgan fingerprint density at radius 1 is 1.08 bits per heavy atom. The van der Waals surface area contributed by atoms with Gasteiger partial charge in [-0.15, -0.1) is 0 Å². The van der Waals surface area contributed by atoms with E-state index in [9.17, 15) is 9.59 Å². The molecule has 3 rings (SSSR count). The monoisotopic (exact) mass is 354 g/mol. The molecule has 0 saturated carbocycles. The van der Waals surface area contributed by atoms with E-state index in [1.54, 1.807) is 47.4 Å². The summed E-state index contributed by atoms with van der Waals surface area (Å²) in [5, 5.41) is 2.84. The van der Waals surface area contributed by atoms with E-state index in [0.717, 1.165) is 0 Å². The third-order valence-corrected chi connectivity index (χ3v) is 4.12. The number of morpholine rings is 1. The Bertz CT molecular complexity index is 768. The maximum absolute atomic E-state index is 12.5. The van der Waals surface area contributed by atoms with Crippen LogP contribution in [0.4, 0.5) is 5.69 Å². The van der Waals surface area contributed by atoms with Crippen molar-refractivity contribution in [1.82, 2.24) is 4.90 Å². The normalized spacial score (nSPS) is 14.0. The molecule has 2 aromatic rings. The molecule has 2 aromatic carbocycles. The molecule has 0 bridgehead atoms. The molecule has 1 saturated heterocycles. The second-order valence-electron chi connectivity index (χ2n) is 5.87. The molecule has 1 fully saturated rings. The van der Waals surface area contributed by atoms with E-state index in [2.05, 4.69) is 5.32 Å². The molecular formula is C20H22N2O4. The van der Waals surface area contributed by atoms with Gasteiger partial charge < -0.3 is 19.7 Å². The van der Waals surface area contributed by atoms with Crippen LogP contribution in [0.3, 0.4) is 0 Å². The molecule has 0 aliphatic carbocycles. The first kappa shape index (κ1) is 17.9. The fraction of sp³-hybridized carbons (Fsp3) is 0.300. The lowest BCUT2D eigenvalue weighted by Crippen LogP contribution is -2.40. The standard InChI is InChI=1S/C20H22N2O4/c1-2-26-18-6-4-3-5-17(18)19(23)21-16-9-7-15(8-10-16)20(24)22-11-13-25-14-12-22/h3-10H,2,11-14H2,1H3,(H,21,23). The van der Waals surface area contributed by atoms with Crippen molar-refractivity contribution in [3.05, 3.63) is 59.7 Å². The molecule has 0 atom stereocenters. The Morgan fingerprint density at radius 3 is 2.46 bits per heavy atom. The first-order valence-corrected chi connectivity index (χ1v) is 8.69. The molecule has 6 nitrogen and oxygen atoms in total. The minimum atomic E-state index is -0.249. The van der Waals surface area contributed by atoms with Crippen LogP contribution in [0.2, 0.25) is 0 Å². The predicted molar refractivity (Wildman–Crippen MR) is 98.7 cm³/mol. The topological polar surface area (TPSA) is 67.9 Å². The van der Waals surface area contributed by atoms with Gasteiger partial charge in [0.2, 0.25) is 0 Å². The van der Waals surface area contributed by atoms with E-state index in [0.29, 0.717) is 55.5 Å². The van der Waals surface area contributed by atoms with E-state index in [4.69, 9.17) is 9.47 Å². The highest BCUT2D eigenvalue weighted by Gasteiger charge is 2.18. The van der Waals surface area contributed by atoms with Crippen molar-refractivity contribution < 1.29 is 19.1 Å². The molecule has 0 radical (unpaired) electrons. The van der Waals surface area contributed by atoms with Crippen molar-refractivity contribution in [3.63, 3.8) is 0 Å². The summed E-state index contributed by atoms with van der Waals surface area (Å²) in [5.41, 5.74) is 1.70. The van der Waals surface area contributed by atoms with Crippen LogP contribution >= 0.6 is 0 Å². The van der Waals surface area contributed by atoms with Crippen LogP contribution < -0.4 is 10.1 Å². The highest BCUT2D eigenvalue weighted by atomic mass is 16.5. The zero-order valence-electron chi connectivity index (χ0n) is 14.7. The first-order chi connectivity index (χ1) is 12.7. The van der Waals surface area contributed by atoms with Gasteiger partial charge in [-0.2, -0.15) is 0 Å². The number of ether oxygens (including phenoxy) is 2. The third kappa shape index (κ3) is 4.21. The fourth-order valence-electron chi connectivity index (χ4n) is 2.78. The quantitative estimate of drug-likeness (QED) is 0.897. The number of amides is 2. The summed E-state index contributed by atoms with van der Waals surface area (Å²) >= 11 is 0. The average Bonchev–Trinajstić information content (AvgIpc) is 2.69. The maximum Gasteiger partial charge on any atom is 0.259 e. The number of nitrogens with zero attached hydrogens (tertiary/aromatic N) is 1. The minimum Gasteiger partial charge on any atom is -0.493 e. The molecule has 0 spiro atoms. The first-order valence-electron chi connectivity index (χ1n) is 8.69. The molecule has 1 heterocycles. The molecule has 1 N–H and O–H groups in total. The van der Waals surface area contributed by atoms with Gasteiger partial charge in [-0.1, -0.05) is 12.1 Å². The molecule has 2 amide bonds. The Kier molecular flexibility index (Phi) is 5.86. The van der Waals surface area contributed by atoms with E-state index in [1.165, 1.54) is 0 Å². The Morgan fingerprint density at radius 2 is 1.77 bits per heavy atom. The molecule has 0 aromatic heterocycles. The number of para-hydroxylation sites is 1. The van der Waals surface area contributed by atoms with E-state index in [-0.39, 0.29) is 11.8 Å². The highest BCUT2D eigenvalue weighted by molar-refractivity contribution is 6.06. The second kappa shape index (κ2) is 8.49. The van der Waals surface area contributed by atoms with Gasteiger partial charge in [0.1, 0.15) is 5.75 Å². The van der Waals surface area contributed by atoms with Crippen molar-refractivity contribution in [1.29, 1.82) is 0 Å². The summed E-state index contributed by atoms with van der Waals surface area (Å²) in [4.78, 5) is 26.7. The molecule has 1 aliphatic heterocycles. The van der Waals surface area contributed by atoms with Crippen molar-refractivity contribution in [2.24, 2.45) is 0 Å². The summed E-state index contributed by atoms with van der Waals surface area (Å²) in [6, 6.07) is 14.0. The minimum absolute atomic E-state index is 0.0205.